The number of hydrogen-bond donors (Lipinski definition) is 1. The molecule has 0 unspecified atom stereocenters. The molecule has 5 nitrogen and oxygen atoms in total. The number of benzene rings is 2. The Morgan fingerprint density at radius 2 is 1.60 bits per heavy atom. The summed E-state index contributed by atoms with van der Waals surface area (Å²) < 4.78 is 4.90. The maximum absolute atomic E-state index is 11.9. The molecular weight excluding hydrogens is 338 g/mol. The predicted molar refractivity (Wildman–Crippen MR) is 97.2 cm³/mol. The molecule has 2 rings (SSSR count). The summed E-state index contributed by atoms with van der Waals surface area (Å²) in [5, 5.41) is 2.54. The summed E-state index contributed by atoms with van der Waals surface area (Å²) in [6.45, 7) is 1.49. The molecule has 1 atom stereocenters. The molecule has 0 aliphatic carbocycles. The Balaban J connectivity index is 1.69. The van der Waals surface area contributed by atoms with Gasteiger partial charge < -0.3 is 10.1 Å². The van der Waals surface area contributed by atoms with Gasteiger partial charge in [-0.2, -0.15) is 0 Å². The molecule has 0 radical (unpaired) electrons. The molecule has 130 valence electrons. The molecule has 1 N–H and O–H groups in total. The number of ether oxygens (including phenoxy) is 1. The van der Waals surface area contributed by atoms with Crippen LogP contribution in [0.3, 0.4) is 0 Å². The van der Waals surface area contributed by atoms with Gasteiger partial charge in [-0.3, -0.25) is 14.4 Å². The Morgan fingerprint density at radius 1 is 1.00 bits per heavy atom. The van der Waals surface area contributed by atoms with Crippen molar-refractivity contribution in [2.75, 3.05) is 12.4 Å². The summed E-state index contributed by atoms with van der Waals surface area (Å²) >= 11 is 0.855. The molecule has 0 aliphatic rings. The Morgan fingerprint density at radius 3 is 2.24 bits per heavy atom. The second-order valence-electron chi connectivity index (χ2n) is 5.30. The van der Waals surface area contributed by atoms with Crippen molar-refractivity contribution in [2.24, 2.45) is 0 Å². The molecule has 2 aromatic rings. The molecule has 0 aliphatic heterocycles. The second-order valence-corrected chi connectivity index (χ2v) is 6.25. The van der Waals surface area contributed by atoms with Crippen LogP contribution in [-0.2, 0) is 14.3 Å². The van der Waals surface area contributed by atoms with Gasteiger partial charge in [0.15, 0.2) is 6.61 Å². The largest absolute Gasteiger partial charge is 0.455 e. The lowest BCUT2D eigenvalue weighted by Gasteiger charge is -2.14. The van der Waals surface area contributed by atoms with E-state index >= 15 is 0 Å². The number of carbonyl (C=O) groups excluding carboxylic acids is 3. The highest BCUT2D eigenvalue weighted by molar-refractivity contribution is 8.14. The number of carbonyl (C=O) groups is 3. The number of nitrogens with one attached hydrogen (secondary N) is 1. The third kappa shape index (κ3) is 6.43. The number of rotatable bonds is 7. The molecule has 0 saturated heterocycles. The lowest BCUT2D eigenvalue weighted by Crippen LogP contribution is -2.31. The zero-order valence-corrected chi connectivity index (χ0v) is 14.6. The van der Waals surface area contributed by atoms with Gasteiger partial charge >= 0.3 is 5.97 Å². The van der Waals surface area contributed by atoms with E-state index in [0.717, 1.165) is 17.3 Å². The van der Waals surface area contributed by atoms with Crippen LogP contribution in [0.25, 0.3) is 0 Å². The minimum Gasteiger partial charge on any atom is -0.455 e. The summed E-state index contributed by atoms with van der Waals surface area (Å²) in [5.74, 6) is -1.12. The number of thioether (sulfide) groups is 1. The van der Waals surface area contributed by atoms with Gasteiger partial charge in [0, 0.05) is 5.56 Å². The third-order valence-corrected chi connectivity index (χ3v) is 4.25. The van der Waals surface area contributed by atoms with Crippen LogP contribution in [-0.4, -0.2) is 29.4 Å². The monoisotopic (exact) mass is 357 g/mol. The molecule has 25 heavy (non-hydrogen) atoms. The molecule has 6 heteroatoms. The normalized spacial score (nSPS) is 11.4. The molecule has 0 bridgehead atoms. The highest BCUT2D eigenvalue weighted by Gasteiger charge is 2.14. The van der Waals surface area contributed by atoms with E-state index in [-0.39, 0.29) is 29.4 Å². The summed E-state index contributed by atoms with van der Waals surface area (Å²) in [5.41, 5.74) is 1.49. The first-order valence-electron chi connectivity index (χ1n) is 7.78. The van der Waals surface area contributed by atoms with E-state index in [1.165, 1.54) is 0 Å². The molecule has 0 heterocycles. The first kappa shape index (κ1) is 18.7. The number of esters is 1. The van der Waals surface area contributed by atoms with Crippen LogP contribution >= 0.6 is 11.8 Å². The van der Waals surface area contributed by atoms with Crippen LogP contribution in [0.15, 0.2) is 60.7 Å². The minimum atomic E-state index is -0.600. The van der Waals surface area contributed by atoms with Crippen LogP contribution < -0.4 is 5.32 Å². The van der Waals surface area contributed by atoms with Crippen LogP contribution in [0.4, 0.5) is 0 Å². The van der Waals surface area contributed by atoms with Gasteiger partial charge in [-0.25, -0.2) is 0 Å². The fourth-order valence-electron chi connectivity index (χ4n) is 2.08. The van der Waals surface area contributed by atoms with Gasteiger partial charge in [0.05, 0.1) is 11.8 Å². The van der Waals surface area contributed by atoms with Crippen LogP contribution in [0.5, 0.6) is 0 Å². The Kier molecular flexibility index (Phi) is 7.22. The minimum absolute atomic E-state index is 0.130. The van der Waals surface area contributed by atoms with E-state index < -0.39 is 5.97 Å². The molecule has 0 aromatic heterocycles. The van der Waals surface area contributed by atoms with E-state index in [0.29, 0.717) is 5.56 Å². The fourth-order valence-corrected chi connectivity index (χ4v) is 2.71. The van der Waals surface area contributed by atoms with Crippen molar-refractivity contribution in [3.05, 3.63) is 71.8 Å². The lowest BCUT2D eigenvalue weighted by atomic mass is 10.1. The molecular formula is C19H19NO4S. The Hall–Kier alpha value is -2.60. The van der Waals surface area contributed by atoms with Crippen LogP contribution in [0.1, 0.15) is 28.9 Å². The van der Waals surface area contributed by atoms with Crippen molar-refractivity contribution in [3.63, 3.8) is 0 Å². The number of hydrogen-bond acceptors (Lipinski definition) is 5. The van der Waals surface area contributed by atoms with Gasteiger partial charge in [0.25, 0.3) is 5.91 Å². The number of amides is 1. The van der Waals surface area contributed by atoms with Crippen molar-refractivity contribution in [2.45, 2.75) is 13.0 Å². The van der Waals surface area contributed by atoms with Crippen molar-refractivity contribution in [1.82, 2.24) is 5.32 Å². The zero-order chi connectivity index (χ0) is 18.1. The quantitative estimate of drug-likeness (QED) is 0.771. The smallest absolute Gasteiger partial charge is 0.316 e. The maximum atomic E-state index is 11.9. The average molecular weight is 357 g/mol. The SMILES string of the molecule is C[C@H](NC(=O)COC(=O)CSC(=O)c1ccccc1)c1ccccc1. The summed E-state index contributed by atoms with van der Waals surface area (Å²) in [6, 6.07) is 18.0. The van der Waals surface area contributed by atoms with Crippen molar-refractivity contribution < 1.29 is 19.1 Å². The van der Waals surface area contributed by atoms with E-state index in [1.807, 2.05) is 43.3 Å². The van der Waals surface area contributed by atoms with Crippen molar-refractivity contribution in [3.8, 4) is 0 Å². The van der Waals surface area contributed by atoms with Gasteiger partial charge in [0.2, 0.25) is 5.12 Å². The van der Waals surface area contributed by atoms with E-state index in [2.05, 4.69) is 5.32 Å². The van der Waals surface area contributed by atoms with Crippen LogP contribution in [0, 0.1) is 0 Å². The van der Waals surface area contributed by atoms with Crippen molar-refractivity contribution >= 4 is 28.8 Å². The average Bonchev–Trinajstić information content (AvgIpc) is 2.65. The van der Waals surface area contributed by atoms with E-state index in [9.17, 15) is 14.4 Å². The highest BCUT2D eigenvalue weighted by Crippen LogP contribution is 2.13. The zero-order valence-electron chi connectivity index (χ0n) is 13.8. The first-order valence-corrected chi connectivity index (χ1v) is 8.77. The second kappa shape index (κ2) is 9.64. The highest BCUT2D eigenvalue weighted by atomic mass is 32.2. The standard InChI is InChI=1S/C19H19NO4S/c1-14(15-8-4-2-5-9-15)20-17(21)12-24-18(22)13-25-19(23)16-10-6-3-7-11-16/h2-11,14H,12-13H2,1H3,(H,20,21)/t14-/m0/s1. The van der Waals surface area contributed by atoms with Gasteiger partial charge in [-0.05, 0) is 12.5 Å². The maximum Gasteiger partial charge on any atom is 0.316 e. The molecule has 0 saturated carbocycles. The topological polar surface area (TPSA) is 72.5 Å². The molecule has 2 aromatic carbocycles. The van der Waals surface area contributed by atoms with E-state index in [4.69, 9.17) is 4.74 Å². The van der Waals surface area contributed by atoms with Gasteiger partial charge in [-0.15, -0.1) is 0 Å². The van der Waals surface area contributed by atoms with Gasteiger partial charge in [0.1, 0.15) is 0 Å². The van der Waals surface area contributed by atoms with Gasteiger partial charge in [-0.1, -0.05) is 72.4 Å². The third-order valence-electron chi connectivity index (χ3n) is 3.37. The predicted octanol–water partition coefficient (Wildman–Crippen LogP) is 2.98. The van der Waals surface area contributed by atoms with Crippen LogP contribution in [0.2, 0.25) is 0 Å². The lowest BCUT2D eigenvalue weighted by molar-refractivity contribution is -0.146. The molecule has 0 spiro atoms. The Bertz CT molecular complexity index is 719. The van der Waals surface area contributed by atoms with E-state index in [1.54, 1.807) is 24.3 Å². The van der Waals surface area contributed by atoms with Crippen molar-refractivity contribution in [1.29, 1.82) is 0 Å². The first-order chi connectivity index (χ1) is 12.1. The summed E-state index contributed by atoms with van der Waals surface area (Å²) in [6.07, 6.45) is 0. The Labute approximate surface area is 150 Å². The summed E-state index contributed by atoms with van der Waals surface area (Å²) in [7, 11) is 0. The molecule has 1 amide bonds. The fraction of sp³-hybridized carbons (Fsp3) is 0.211. The summed E-state index contributed by atoms with van der Waals surface area (Å²) in [4.78, 5) is 35.4. The molecule has 0 fully saturated rings.